The first-order valence-corrected chi connectivity index (χ1v) is 6.05. The van der Waals surface area contributed by atoms with E-state index in [1.165, 1.54) is 24.3 Å². The van der Waals surface area contributed by atoms with Gasteiger partial charge in [-0.25, -0.2) is 0 Å². The molecular formula is C11H16N2S. The number of anilines is 1. The van der Waals surface area contributed by atoms with E-state index in [4.69, 9.17) is 0 Å². The molecule has 1 aromatic heterocycles. The average Bonchev–Trinajstić information content (AvgIpc) is 2.65. The Hall–Kier alpha value is -0.700. The van der Waals surface area contributed by atoms with E-state index in [9.17, 15) is 0 Å². The van der Waals surface area contributed by atoms with Crippen molar-refractivity contribution in [1.82, 2.24) is 4.98 Å². The molecule has 1 aromatic rings. The molecule has 0 spiro atoms. The van der Waals surface area contributed by atoms with Crippen molar-refractivity contribution in [2.24, 2.45) is 0 Å². The van der Waals surface area contributed by atoms with Gasteiger partial charge in [-0.05, 0) is 37.7 Å². The van der Waals surface area contributed by atoms with E-state index in [2.05, 4.69) is 29.0 Å². The Kier molecular flexibility index (Phi) is 2.96. The molecular weight excluding hydrogens is 192 g/mol. The van der Waals surface area contributed by atoms with Gasteiger partial charge in [-0.15, -0.1) is 0 Å². The van der Waals surface area contributed by atoms with Crippen molar-refractivity contribution in [3.05, 3.63) is 24.5 Å². The van der Waals surface area contributed by atoms with E-state index in [0.29, 0.717) is 4.75 Å². The number of aromatic nitrogens is 1. The predicted molar refractivity (Wildman–Crippen MR) is 62.8 cm³/mol. The second-order valence-corrected chi connectivity index (χ2v) is 5.67. The molecule has 0 saturated carbocycles. The van der Waals surface area contributed by atoms with Crippen LogP contribution in [0.25, 0.3) is 0 Å². The topological polar surface area (TPSA) is 24.9 Å². The fourth-order valence-corrected chi connectivity index (χ4v) is 2.98. The van der Waals surface area contributed by atoms with E-state index < -0.39 is 0 Å². The minimum absolute atomic E-state index is 0.434. The summed E-state index contributed by atoms with van der Waals surface area (Å²) in [6, 6.07) is 4.03. The summed E-state index contributed by atoms with van der Waals surface area (Å²) in [5.74, 6) is 1.31. The summed E-state index contributed by atoms with van der Waals surface area (Å²) in [7, 11) is 0. The summed E-state index contributed by atoms with van der Waals surface area (Å²) < 4.78 is 0.434. The Balaban J connectivity index is 1.88. The lowest BCUT2D eigenvalue weighted by molar-refractivity contribution is 0.635. The number of hydrogen-bond donors (Lipinski definition) is 1. The van der Waals surface area contributed by atoms with Crippen LogP contribution in [0.4, 0.5) is 5.69 Å². The maximum atomic E-state index is 4.00. The Bertz CT molecular complexity index is 281. The molecule has 0 radical (unpaired) electrons. The Morgan fingerprint density at radius 3 is 2.93 bits per heavy atom. The highest BCUT2D eigenvalue weighted by atomic mass is 32.2. The molecule has 1 fully saturated rings. The van der Waals surface area contributed by atoms with E-state index >= 15 is 0 Å². The zero-order chi connectivity index (χ0) is 9.86. The van der Waals surface area contributed by atoms with Gasteiger partial charge in [0.1, 0.15) is 0 Å². The van der Waals surface area contributed by atoms with Gasteiger partial charge >= 0.3 is 0 Å². The zero-order valence-corrected chi connectivity index (χ0v) is 9.31. The van der Waals surface area contributed by atoms with Crippen molar-refractivity contribution in [3.8, 4) is 0 Å². The summed E-state index contributed by atoms with van der Waals surface area (Å²) >= 11 is 2.09. The summed E-state index contributed by atoms with van der Waals surface area (Å²) in [6.45, 7) is 3.40. The van der Waals surface area contributed by atoms with Crippen molar-refractivity contribution in [3.63, 3.8) is 0 Å². The lowest BCUT2D eigenvalue weighted by atomic mass is 10.1. The molecule has 1 atom stereocenters. The quantitative estimate of drug-likeness (QED) is 0.826. The monoisotopic (exact) mass is 208 g/mol. The van der Waals surface area contributed by atoms with Crippen LogP contribution in [0.15, 0.2) is 24.5 Å². The van der Waals surface area contributed by atoms with Crippen LogP contribution < -0.4 is 5.32 Å². The smallest absolute Gasteiger partial charge is 0.0371 e. The standard InChI is InChI=1S/C11H16N2S/c1-11(5-2-8-14-11)9-13-10-3-6-12-7-4-10/h3-4,6-7H,2,5,8-9H2,1H3,(H,12,13). The van der Waals surface area contributed by atoms with Crippen LogP contribution in [0, 0.1) is 0 Å². The van der Waals surface area contributed by atoms with Crippen molar-refractivity contribution in [2.75, 3.05) is 17.6 Å². The normalized spacial score (nSPS) is 26.4. The molecule has 1 aliphatic heterocycles. The molecule has 76 valence electrons. The molecule has 1 N–H and O–H groups in total. The number of hydrogen-bond acceptors (Lipinski definition) is 3. The number of nitrogens with zero attached hydrogens (tertiary/aromatic N) is 1. The van der Waals surface area contributed by atoms with Gasteiger partial charge in [0.25, 0.3) is 0 Å². The van der Waals surface area contributed by atoms with Gasteiger partial charge in [0, 0.05) is 29.4 Å². The summed E-state index contributed by atoms with van der Waals surface area (Å²) in [4.78, 5) is 4.00. The SMILES string of the molecule is CC1(CNc2ccncc2)CCCS1. The van der Waals surface area contributed by atoms with E-state index in [-0.39, 0.29) is 0 Å². The molecule has 0 amide bonds. The van der Waals surface area contributed by atoms with E-state index in [1.54, 1.807) is 0 Å². The van der Waals surface area contributed by atoms with Crippen LogP contribution in [0.2, 0.25) is 0 Å². The molecule has 2 nitrogen and oxygen atoms in total. The second-order valence-electron chi connectivity index (χ2n) is 3.99. The lowest BCUT2D eigenvalue weighted by Gasteiger charge is -2.23. The van der Waals surface area contributed by atoms with Gasteiger partial charge in [0.05, 0.1) is 0 Å². The van der Waals surface area contributed by atoms with Crippen LogP contribution in [0.1, 0.15) is 19.8 Å². The molecule has 0 aliphatic carbocycles. The molecule has 1 unspecified atom stereocenters. The number of nitrogens with one attached hydrogen (secondary N) is 1. The van der Waals surface area contributed by atoms with Crippen molar-refractivity contribution in [2.45, 2.75) is 24.5 Å². The molecule has 2 rings (SSSR count). The molecule has 3 heteroatoms. The Morgan fingerprint density at radius 2 is 2.29 bits per heavy atom. The lowest BCUT2D eigenvalue weighted by Crippen LogP contribution is -2.26. The van der Waals surface area contributed by atoms with Gasteiger partial charge < -0.3 is 5.32 Å². The molecule has 1 saturated heterocycles. The first-order valence-electron chi connectivity index (χ1n) is 5.06. The summed E-state index contributed by atoms with van der Waals surface area (Å²) in [5.41, 5.74) is 1.17. The predicted octanol–water partition coefficient (Wildman–Crippen LogP) is 2.78. The highest BCUT2D eigenvalue weighted by Gasteiger charge is 2.28. The number of rotatable bonds is 3. The molecule has 2 heterocycles. The summed E-state index contributed by atoms with van der Waals surface area (Å²) in [5, 5.41) is 3.47. The highest BCUT2D eigenvalue weighted by Crippen LogP contribution is 2.37. The fraction of sp³-hybridized carbons (Fsp3) is 0.545. The maximum Gasteiger partial charge on any atom is 0.0371 e. The van der Waals surface area contributed by atoms with Crippen molar-refractivity contribution < 1.29 is 0 Å². The fourth-order valence-electron chi connectivity index (χ4n) is 1.74. The number of thioether (sulfide) groups is 1. The average molecular weight is 208 g/mol. The molecule has 0 bridgehead atoms. The third-order valence-electron chi connectivity index (χ3n) is 2.65. The second kappa shape index (κ2) is 4.22. The van der Waals surface area contributed by atoms with Crippen LogP contribution in [-0.2, 0) is 0 Å². The first-order chi connectivity index (χ1) is 6.79. The van der Waals surface area contributed by atoms with E-state index in [1.807, 2.05) is 24.5 Å². The van der Waals surface area contributed by atoms with Crippen LogP contribution >= 0.6 is 11.8 Å². The summed E-state index contributed by atoms with van der Waals surface area (Å²) in [6.07, 6.45) is 6.34. The zero-order valence-electron chi connectivity index (χ0n) is 8.49. The van der Waals surface area contributed by atoms with Crippen molar-refractivity contribution >= 4 is 17.4 Å². The Morgan fingerprint density at radius 1 is 1.50 bits per heavy atom. The van der Waals surface area contributed by atoms with Crippen LogP contribution in [0.5, 0.6) is 0 Å². The first kappa shape index (κ1) is 9.84. The largest absolute Gasteiger partial charge is 0.384 e. The van der Waals surface area contributed by atoms with Crippen LogP contribution in [0.3, 0.4) is 0 Å². The number of pyridine rings is 1. The van der Waals surface area contributed by atoms with Crippen LogP contribution in [-0.4, -0.2) is 22.0 Å². The minimum atomic E-state index is 0.434. The van der Waals surface area contributed by atoms with Gasteiger partial charge in [-0.1, -0.05) is 0 Å². The molecule has 1 aliphatic rings. The van der Waals surface area contributed by atoms with Gasteiger partial charge in [-0.3, -0.25) is 4.98 Å². The van der Waals surface area contributed by atoms with Gasteiger partial charge in [-0.2, -0.15) is 11.8 Å². The van der Waals surface area contributed by atoms with Gasteiger partial charge in [0.2, 0.25) is 0 Å². The maximum absolute atomic E-state index is 4.00. The minimum Gasteiger partial charge on any atom is -0.384 e. The molecule has 14 heavy (non-hydrogen) atoms. The van der Waals surface area contributed by atoms with E-state index in [0.717, 1.165) is 6.54 Å². The molecule has 0 aromatic carbocycles. The highest BCUT2D eigenvalue weighted by molar-refractivity contribution is 8.00. The Labute approximate surface area is 89.5 Å². The van der Waals surface area contributed by atoms with Gasteiger partial charge in [0.15, 0.2) is 0 Å². The van der Waals surface area contributed by atoms with Crippen molar-refractivity contribution in [1.29, 1.82) is 0 Å². The third kappa shape index (κ3) is 2.41. The third-order valence-corrected chi connectivity index (χ3v) is 4.19.